The van der Waals surface area contributed by atoms with E-state index in [2.05, 4.69) is 33.0 Å². The van der Waals surface area contributed by atoms with Gasteiger partial charge in [-0.05, 0) is 46.5 Å². The van der Waals surface area contributed by atoms with Crippen LogP contribution in [0.4, 0.5) is 0 Å². The second-order valence-corrected chi connectivity index (χ2v) is 7.52. The maximum atomic E-state index is 5.55. The van der Waals surface area contributed by atoms with Gasteiger partial charge in [0.15, 0.2) is 11.5 Å². The van der Waals surface area contributed by atoms with E-state index in [1.165, 1.54) is 0 Å². The highest BCUT2D eigenvalue weighted by atomic mass is 79.9. The number of benzene rings is 2. The number of rotatable bonds is 6. The van der Waals surface area contributed by atoms with Crippen LogP contribution in [0.3, 0.4) is 0 Å². The van der Waals surface area contributed by atoms with Crippen molar-refractivity contribution in [2.24, 2.45) is 7.05 Å². The monoisotopic (exact) mass is 448 g/mol. The predicted octanol–water partition coefficient (Wildman–Crippen LogP) is 5.26. The highest BCUT2D eigenvalue weighted by molar-refractivity contribution is 9.10. The molecule has 3 aromatic rings. The predicted molar refractivity (Wildman–Crippen MR) is 113 cm³/mol. The lowest BCUT2D eigenvalue weighted by Gasteiger charge is -2.14. The molecule has 1 aromatic heterocycles. The van der Waals surface area contributed by atoms with Crippen LogP contribution in [0.5, 0.6) is 17.2 Å². The molecule has 7 heteroatoms. The van der Waals surface area contributed by atoms with Gasteiger partial charge >= 0.3 is 0 Å². The molecule has 0 aliphatic heterocycles. The molecule has 0 spiro atoms. The fourth-order valence-corrected chi connectivity index (χ4v) is 4.17. The van der Waals surface area contributed by atoms with Crippen LogP contribution in [0.25, 0.3) is 22.5 Å². The smallest absolute Gasteiger partial charge is 0.174 e. The molecule has 0 unspecified atom stereocenters. The molecule has 0 N–H and O–H groups in total. The Morgan fingerprint density at radius 3 is 2.30 bits per heavy atom. The summed E-state index contributed by atoms with van der Waals surface area (Å²) >= 11 is 5.22. The molecule has 0 aliphatic carbocycles. The Morgan fingerprint density at radius 1 is 0.963 bits per heavy atom. The molecule has 0 atom stereocenters. The van der Waals surface area contributed by atoms with Crippen LogP contribution in [-0.4, -0.2) is 37.1 Å². The van der Waals surface area contributed by atoms with Crippen LogP contribution in [0, 0.1) is 0 Å². The minimum Gasteiger partial charge on any atom is -0.496 e. The van der Waals surface area contributed by atoms with Crippen LogP contribution in [0.2, 0.25) is 0 Å². The summed E-state index contributed by atoms with van der Waals surface area (Å²) in [5.41, 5.74) is 3.83. The van der Waals surface area contributed by atoms with Crippen molar-refractivity contribution in [3.05, 3.63) is 41.1 Å². The van der Waals surface area contributed by atoms with Crippen LogP contribution in [0.15, 0.2) is 46.0 Å². The first kappa shape index (κ1) is 19.6. The highest BCUT2D eigenvalue weighted by Gasteiger charge is 2.18. The Labute approximate surface area is 171 Å². The lowest BCUT2D eigenvalue weighted by molar-refractivity contribution is 0.353. The summed E-state index contributed by atoms with van der Waals surface area (Å²) in [6, 6.07) is 10.1. The Morgan fingerprint density at radius 2 is 1.67 bits per heavy atom. The van der Waals surface area contributed by atoms with Gasteiger partial charge in [0.05, 0.1) is 43.5 Å². The molecule has 142 valence electrons. The average Bonchev–Trinajstić information content (AvgIpc) is 3.08. The fourth-order valence-electron chi connectivity index (χ4n) is 3.02. The molecule has 0 bridgehead atoms. The third-order valence-corrected chi connectivity index (χ3v) is 5.67. The average molecular weight is 449 g/mol. The van der Waals surface area contributed by atoms with Crippen molar-refractivity contribution in [3.63, 3.8) is 0 Å². The molecule has 3 rings (SSSR count). The van der Waals surface area contributed by atoms with E-state index in [4.69, 9.17) is 14.2 Å². The second kappa shape index (κ2) is 8.27. The molecule has 0 saturated heterocycles. The van der Waals surface area contributed by atoms with E-state index >= 15 is 0 Å². The number of aromatic nitrogens is 2. The van der Waals surface area contributed by atoms with Crippen molar-refractivity contribution >= 4 is 27.7 Å². The van der Waals surface area contributed by atoms with Crippen molar-refractivity contribution < 1.29 is 14.2 Å². The molecular formula is C20H21BrN2O3S. The van der Waals surface area contributed by atoms with Gasteiger partial charge < -0.3 is 18.8 Å². The maximum Gasteiger partial charge on any atom is 0.174 e. The van der Waals surface area contributed by atoms with Gasteiger partial charge in [-0.25, -0.2) is 4.98 Å². The third-order valence-electron chi connectivity index (χ3n) is 4.30. The van der Waals surface area contributed by atoms with Gasteiger partial charge in [0, 0.05) is 23.1 Å². The highest BCUT2D eigenvalue weighted by Crippen LogP contribution is 2.42. The SMILES string of the molecule is COc1cc(-c2c(-c3cc(Br)c(OC)c(OC)c3)ncn2C)ccc1SC. The van der Waals surface area contributed by atoms with Crippen molar-refractivity contribution in [3.8, 4) is 39.8 Å². The summed E-state index contributed by atoms with van der Waals surface area (Å²) in [5, 5.41) is 0. The van der Waals surface area contributed by atoms with E-state index in [0.717, 1.165) is 37.6 Å². The largest absolute Gasteiger partial charge is 0.496 e. The van der Waals surface area contributed by atoms with E-state index in [1.807, 2.05) is 42.4 Å². The molecule has 1 heterocycles. The van der Waals surface area contributed by atoms with Crippen molar-refractivity contribution in [2.75, 3.05) is 27.6 Å². The van der Waals surface area contributed by atoms with E-state index in [1.54, 1.807) is 33.1 Å². The van der Waals surface area contributed by atoms with Crippen LogP contribution < -0.4 is 14.2 Å². The van der Waals surface area contributed by atoms with Gasteiger partial charge in [0.1, 0.15) is 5.75 Å². The Kier molecular flexibility index (Phi) is 6.01. The lowest BCUT2D eigenvalue weighted by Crippen LogP contribution is -1.95. The number of aryl methyl sites for hydroxylation is 1. The molecule has 0 amide bonds. The minimum absolute atomic E-state index is 0.647. The summed E-state index contributed by atoms with van der Waals surface area (Å²) in [6.07, 6.45) is 3.85. The molecule has 2 aromatic carbocycles. The first-order valence-electron chi connectivity index (χ1n) is 8.19. The van der Waals surface area contributed by atoms with Crippen molar-refractivity contribution in [1.82, 2.24) is 9.55 Å². The standard InChI is InChI=1S/C20H21BrN2O3S/c1-23-11-22-18(13-8-14(21)20(26-4)16(10-13)25-3)19(23)12-6-7-17(27-5)15(9-12)24-2/h6-11H,1-5H3. The third kappa shape index (κ3) is 3.66. The number of hydrogen-bond acceptors (Lipinski definition) is 5. The van der Waals surface area contributed by atoms with Crippen molar-refractivity contribution in [2.45, 2.75) is 4.90 Å². The summed E-state index contributed by atoms with van der Waals surface area (Å²) in [7, 11) is 6.92. The van der Waals surface area contributed by atoms with Gasteiger partial charge in [0.2, 0.25) is 0 Å². The van der Waals surface area contributed by atoms with Crippen LogP contribution >= 0.6 is 27.7 Å². The van der Waals surface area contributed by atoms with E-state index in [9.17, 15) is 0 Å². The molecule has 5 nitrogen and oxygen atoms in total. The number of thioether (sulfide) groups is 1. The summed E-state index contributed by atoms with van der Waals surface area (Å²) < 4.78 is 19.3. The number of methoxy groups -OCH3 is 3. The number of ether oxygens (including phenoxy) is 3. The zero-order chi connectivity index (χ0) is 19.6. The Hall–Kier alpha value is -2.12. The quantitative estimate of drug-likeness (QED) is 0.480. The number of nitrogens with zero attached hydrogens (tertiary/aromatic N) is 2. The number of imidazole rings is 1. The van der Waals surface area contributed by atoms with Gasteiger partial charge in [-0.15, -0.1) is 11.8 Å². The second-order valence-electron chi connectivity index (χ2n) is 5.82. The lowest BCUT2D eigenvalue weighted by atomic mass is 10.0. The topological polar surface area (TPSA) is 45.5 Å². The van der Waals surface area contributed by atoms with E-state index < -0.39 is 0 Å². The molecule has 0 radical (unpaired) electrons. The molecular weight excluding hydrogens is 428 g/mol. The normalized spacial score (nSPS) is 10.7. The number of hydrogen-bond donors (Lipinski definition) is 0. The van der Waals surface area contributed by atoms with Crippen molar-refractivity contribution in [1.29, 1.82) is 0 Å². The molecule has 0 fully saturated rings. The van der Waals surface area contributed by atoms with Gasteiger partial charge in [0.25, 0.3) is 0 Å². The van der Waals surface area contributed by atoms with Crippen LogP contribution in [-0.2, 0) is 7.05 Å². The zero-order valence-corrected chi connectivity index (χ0v) is 18.3. The van der Waals surface area contributed by atoms with E-state index in [-0.39, 0.29) is 0 Å². The molecule has 0 aliphatic rings. The van der Waals surface area contributed by atoms with Gasteiger partial charge in [-0.2, -0.15) is 0 Å². The summed E-state index contributed by atoms with van der Waals surface area (Å²) in [5.74, 6) is 2.15. The summed E-state index contributed by atoms with van der Waals surface area (Å²) in [4.78, 5) is 5.73. The first-order chi connectivity index (χ1) is 13.0. The molecule has 27 heavy (non-hydrogen) atoms. The Bertz CT molecular complexity index is 972. The number of halogens is 1. The van der Waals surface area contributed by atoms with Gasteiger partial charge in [-0.1, -0.05) is 6.07 Å². The maximum absolute atomic E-state index is 5.55. The zero-order valence-electron chi connectivity index (χ0n) is 15.9. The fraction of sp³-hybridized carbons (Fsp3) is 0.250. The molecule has 0 saturated carbocycles. The van der Waals surface area contributed by atoms with Crippen LogP contribution in [0.1, 0.15) is 0 Å². The summed E-state index contributed by atoms with van der Waals surface area (Å²) in [6.45, 7) is 0. The Balaban J connectivity index is 2.18. The minimum atomic E-state index is 0.647. The van der Waals surface area contributed by atoms with Gasteiger partial charge in [-0.3, -0.25) is 0 Å². The first-order valence-corrected chi connectivity index (χ1v) is 10.2. The van der Waals surface area contributed by atoms with E-state index in [0.29, 0.717) is 11.5 Å².